The Hall–Kier alpha value is -3.15. The number of para-hydroxylation sites is 2. The van der Waals surface area contributed by atoms with Crippen LogP contribution in [-0.2, 0) is 4.74 Å². The van der Waals surface area contributed by atoms with Gasteiger partial charge in [0.05, 0.1) is 34.9 Å². The Balaban J connectivity index is 1.87. The third-order valence-corrected chi connectivity index (χ3v) is 5.27. The van der Waals surface area contributed by atoms with E-state index in [0.717, 1.165) is 12.0 Å². The van der Waals surface area contributed by atoms with Crippen LogP contribution in [0.15, 0.2) is 54.6 Å². The Bertz CT molecular complexity index is 922. The van der Waals surface area contributed by atoms with Crippen molar-refractivity contribution >= 4 is 17.3 Å². The maximum Gasteiger partial charge on any atom is 0.339 e. The van der Waals surface area contributed by atoms with Gasteiger partial charge in [0.25, 0.3) is 5.69 Å². The van der Waals surface area contributed by atoms with E-state index < -0.39 is 5.97 Å². The topological polar surface area (TPSA) is 81.5 Å². The second-order valence-electron chi connectivity index (χ2n) is 6.55. The van der Waals surface area contributed by atoms with Crippen LogP contribution >= 0.6 is 0 Å². The van der Waals surface area contributed by atoms with Crippen LogP contribution in [0.4, 0.5) is 11.4 Å². The van der Waals surface area contributed by atoms with E-state index in [0.29, 0.717) is 16.8 Å². The van der Waals surface area contributed by atoms with Crippen molar-refractivity contribution in [2.75, 3.05) is 12.4 Å². The number of nitro groups is 1. The third-order valence-electron chi connectivity index (χ3n) is 5.27. The van der Waals surface area contributed by atoms with Crippen molar-refractivity contribution in [2.45, 2.75) is 18.4 Å². The van der Waals surface area contributed by atoms with Gasteiger partial charge in [0.1, 0.15) is 0 Å². The first-order valence-corrected chi connectivity index (χ1v) is 8.49. The molecule has 0 amide bonds. The SMILES string of the molecule is COC(=O)c1cccc2c1NC(c1ccccc1[N+](=O)[O-])C1CC=CC21. The van der Waals surface area contributed by atoms with Crippen molar-refractivity contribution in [3.63, 3.8) is 0 Å². The molecule has 1 aliphatic heterocycles. The number of hydrogen-bond donors (Lipinski definition) is 1. The molecule has 2 aromatic rings. The maximum absolute atomic E-state index is 12.2. The van der Waals surface area contributed by atoms with Crippen molar-refractivity contribution in [1.82, 2.24) is 0 Å². The highest BCUT2D eigenvalue weighted by Crippen LogP contribution is 2.51. The van der Waals surface area contributed by atoms with Crippen molar-refractivity contribution in [2.24, 2.45) is 5.92 Å². The zero-order valence-electron chi connectivity index (χ0n) is 14.2. The fraction of sp³-hybridized carbons (Fsp3) is 0.250. The fourth-order valence-electron chi connectivity index (χ4n) is 4.13. The smallest absolute Gasteiger partial charge is 0.339 e. The molecule has 3 atom stereocenters. The normalized spacial score (nSPS) is 22.9. The first-order chi connectivity index (χ1) is 12.6. The minimum Gasteiger partial charge on any atom is -0.465 e. The summed E-state index contributed by atoms with van der Waals surface area (Å²) in [7, 11) is 1.35. The largest absolute Gasteiger partial charge is 0.465 e. The average molecular weight is 350 g/mol. The number of nitrogens with one attached hydrogen (secondary N) is 1. The summed E-state index contributed by atoms with van der Waals surface area (Å²) in [5.74, 6) is -0.145. The van der Waals surface area contributed by atoms with E-state index in [1.165, 1.54) is 13.2 Å². The molecule has 3 unspecified atom stereocenters. The molecular formula is C20H18N2O4. The Morgan fingerprint density at radius 2 is 1.96 bits per heavy atom. The average Bonchev–Trinajstić information content (AvgIpc) is 3.16. The van der Waals surface area contributed by atoms with Gasteiger partial charge in [0.15, 0.2) is 0 Å². The van der Waals surface area contributed by atoms with E-state index >= 15 is 0 Å². The highest BCUT2D eigenvalue weighted by molar-refractivity contribution is 5.97. The Morgan fingerprint density at radius 3 is 2.73 bits per heavy atom. The van der Waals surface area contributed by atoms with Crippen molar-refractivity contribution < 1.29 is 14.5 Å². The summed E-state index contributed by atoms with van der Waals surface area (Å²) in [5.41, 5.74) is 2.92. The van der Waals surface area contributed by atoms with E-state index in [1.807, 2.05) is 18.2 Å². The molecule has 0 fully saturated rings. The standard InChI is InChI=1S/C20H18N2O4/c1-26-20(23)16-10-5-9-14-12-7-4-8-13(12)18(21-19(14)16)15-6-2-3-11-17(15)22(24)25/h2-7,9-13,18,21H,8H2,1H3. The van der Waals surface area contributed by atoms with Crippen LogP contribution in [0.1, 0.15) is 39.9 Å². The van der Waals surface area contributed by atoms with E-state index in [2.05, 4.69) is 17.5 Å². The highest BCUT2D eigenvalue weighted by atomic mass is 16.6. The maximum atomic E-state index is 12.2. The summed E-state index contributed by atoms with van der Waals surface area (Å²) in [5, 5.41) is 14.9. The molecule has 4 rings (SSSR count). The molecule has 6 heteroatoms. The first-order valence-electron chi connectivity index (χ1n) is 8.49. The van der Waals surface area contributed by atoms with Crippen LogP contribution in [0.2, 0.25) is 0 Å². The number of carbonyl (C=O) groups excluding carboxylic acids is 1. The van der Waals surface area contributed by atoms with Gasteiger partial charge in [0.2, 0.25) is 0 Å². The lowest BCUT2D eigenvalue weighted by molar-refractivity contribution is -0.385. The number of esters is 1. The molecule has 1 heterocycles. The van der Waals surface area contributed by atoms with Gasteiger partial charge in [-0.3, -0.25) is 10.1 Å². The van der Waals surface area contributed by atoms with Gasteiger partial charge in [-0.2, -0.15) is 0 Å². The zero-order chi connectivity index (χ0) is 18.3. The minimum atomic E-state index is -0.420. The quantitative estimate of drug-likeness (QED) is 0.388. The second kappa shape index (κ2) is 6.29. The number of benzene rings is 2. The summed E-state index contributed by atoms with van der Waals surface area (Å²) >= 11 is 0. The molecule has 132 valence electrons. The predicted molar refractivity (Wildman–Crippen MR) is 97.2 cm³/mol. The van der Waals surface area contributed by atoms with Crippen molar-refractivity contribution in [1.29, 1.82) is 0 Å². The molecule has 6 nitrogen and oxygen atoms in total. The summed E-state index contributed by atoms with van der Waals surface area (Å²) in [4.78, 5) is 23.4. The molecule has 1 N–H and O–H groups in total. The Kier molecular flexibility index (Phi) is 3.95. The summed E-state index contributed by atoms with van der Waals surface area (Å²) in [6.07, 6.45) is 5.07. The number of rotatable bonds is 3. The number of nitrogens with zero attached hydrogens (tertiary/aromatic N) is 1. The molecule has 0 aromatic heterocycles. The molecule has 0 saturated carbocycles. The van der Waals surface area contributed by atoms with E-state index in [-0.39, 0.29) is 28.5 Å². The van der Waals surface area contributed by atoms with Gasteiger partial charge in [0, 0.05) is 12.0 Å². The second-order valence-corrected chi connectivity index (χ2v) is 6.55. The lowest BCUT2D eigenvalue weighted by Crippen LogP contribution is -2.30. The van der Waals surface area contributed by atoms with Crippen LogP contribution in [-0.4, -0.2) is 18.0 Å². The van der Waals surface area contributed by atoms with Crippen LogP contribution in [0, 0.1) is 16.0 Å². The van der Waals surface area contributed by atoms with Crippen LogP contribution < -0.4 is 5.32 Å². The van der Waals surface area contributed by atoms with Crippen LogP contribution in [0.3, 0.4) is 0 Å². The molecular weight excluding hydrogens is 332 g/mol. The fourth-order valence-corrected chi connectivity index (χ4v) is 4.13. The minimum absolute atomic E-state index is 0.0923. The number of anilines is 1. The van der Waals surface area contributed by atoms with E-state index in [1.54, 1.807) is 18.2 Å². The van der Waals surface area contributed by atoms with Gasteiger partial charge in [-0.15, -0.1) is 0 Å². The monoisotopic (exact) mass is 350 g/mol. The van der Waals surface area contributed by atoms with Gasteiger partial charge in [-0.05, 0) is 24.0 Å². The molecule has 2 aliphatic rings. The Morgan fingerprint density at radius 1 is 1.19 bits per heavy atom. The number of allylic oxidation sites excluding steroid dienone is 2. The van der Waals surface area contributed by atoms with Crippen LogP contribution in [0.5, 0.6) is 0 Å². The van der Waals surface area contributed by atoms with Crippen LogP contribution in [0.25, 0.3) is 0 Å². The number of nitro benzene ring substituents is 1. The van der Waals surface area contributed by atoms with Crippen molar-refractivity contribution in [3.05, 3.63) is 81.4 Å². The van der Waals surface area contributed by atoms with Crippen molar-refractivity contribution in [3.8, 4) is 0 Å². The first kappa shape index (κ1) is 16.3. The molecule has 0 spiro atoms. The summed E-state index contributed by atoms with van der Waals surface area (Å²) in [6.45, 7) is 0. The zero-order valence-corrected chi connectivity index (χ0v) is 14.2. The third kappa shape index (κ3) is 2.45. The highest BCUT2D eigenvalue weighted by Gasteiger charge is 2.41. The Labute approximate surface area is 150 Å². The molecule has 26 heavy (non-hydrogen) atoms. The van der Waals surface area contributed by atoms with Gasteiger partial charge >= 0.3 is 5.97 Å². The number of hydrogen-bond acceptors (Lipinski definition) is 5. The molecule has 2 aromatic carbocycles. The van der Waals surface area contributed by atoms with Gasteiger partial charge in [-0.25, -0.2) is 4.79 Å². The predicted octanol–water partition coefficient (Wildman–Crippen LogP) is 4.21. The molecule has 1 aliphatic carbocycles. The summed E-state index contributed by atoms with van der Waals surface area (Å²) < 4.78 is 4.91. The number of methoxy groups -OCH3 is 1. The van der Waals surface area contributed by atoms with E-state index in [4.69, 9.17) is 4.74 Å². The van der Waals surface area contributed by atoms with Gasteiger partial charge in [-0.1, -0.05) is 42.5 Å². The molecule has 0 bridgehead atoms. The molecule has 0 radical (unpaired) electrons. The van der Waals surface area contributed by atoms with E-state index in [9.17, 15) is 14.9 Å². The number of carbonyl (C=O) groups is 1. The lowest BCUT2D eigenvalue weighted by Gasteiger charge is -2.37. The number of ether oxygens (including phenoxy) is 1. The number of fused-ring (bicyclic) bond motifs is 3. The lowest BCUT2D eigenvalue weighted by atomic mass is 9.76. The summed E-state index contributed by atoms with van der Waals surface area (Å²) in [6, 6.07) is 12.1. The van der Waals surface area contributed by atoms with Gasteiger partial charge < -0.3 is 10.1 Å². The molecule has 0 saturated heterocycles.